The zero-order valence-corrected chi connectivity index (χ0v) is 14.1. The van der Waals surface area contributed by atoms with Crippen LogP contribution in [0.4, 0.5) is 14.9 Å². The van der Waals surface area contributed by atoms with Crippen LogP contribution in [0.3, 0.4) is 0 Å². The second kappa shape index (κ2) is 9.61. The molecule has 8 heteroatoms. The highest BCUT2D eigenvalue weighted by Gasteiger charge is 2.19. The summed E-state index contributed by atoms with van der Waals surface area (Å²) in [5.41, 5.74) is 0.846. The minimum absolute atomic E-state index is 0.0277. The van der Waals surface area contributed by atoms with E-state index in [-0.39, 0.29) is 25.4 Å². The van der Waals surface area contributed by atoms with E-state index in [0.29, 0.717) is 11.4 Å². The fraction of sp³-hybridized carbons (Fsp3) is 0.438. The molecule has 7 nitrogen and oxygen atoms in total. The molecule has 1 aromatic rings. The fourth-order valence-electron chi connectivity index (χ4n) is 2.01. The summed E-state index contributed by atoms with van der Waals surface area (Å²) in [5.74, 6) is -1.47. The van der Waals surface area contributed by atoms with Gasteiger partial charge in [-0.15, -0.1) is 0 Å². The maximum Gasteiger partial charge on any atom is 0.414 e. The number of hydrogen-bond donors (Lipinski definition) is 3. The van der Waals surface area contributed by atoms with Crippen molar-refractivity contribution in [1.82, 2.24) is 5.32 Å². The summed E-state index contributed by atoms with van der Waals surface area (Å²) in [6, 6.07) is 4.50. The molecule has 0 fully saturated rings. The maximum absolute atomic E-state index is 13.7. The van der Waals surface area contributed by atoms with Crippen LogP contribution in [0.25, 0.3) is 0 Å². The van der Waals surface area contributed by atoms with Crippen molar-refractivity contribution in [3.05, 3.63) is 29.6 Å². The number of quaternary nitrogens is 1. The first-order valence-corrected chi connectivity index (χ1v) is 7.71. The Morgan fingerprint density at radius 2 is 1.83 bits per heavy atom. The van der Waals surface area contributed by atoms with Gasteiger partial charge in [-0.25, -0.2) is 9.18 Å². The summed E-state index contributed by atoms with van der Waals surface area (Å²) >= 11 is 0. The molecular weight excluding hydrogens is 317 g/mol. The number of nitrogens with one attached hydrogen (secondary N) is 3. The van der Waals surface area contributed by atoms with Crippen molar-refractivity contribution in [2.45, 2.75) is 20.8 Å². The molecule has 132 valence electrons. The van der Waals surface area contributed by atoms with Gasteiger partial charge in [0, 0.05) is 0 Å². The van der Waals surface area contributed by atoms with Crippen molar-refractivity contribution in [3.8, 4) is 0 Å². The Hall–Kier alpha value is -2.48. The van der Waals surface area contributed by atoms with Gasteiger partial charge in [-0.05, 0) is 38.5 Å². The Labute approximate surface area is 140 Å². The molecule has 0 heterocycles. The van der Waals surface area contributed by atoms with E-state index in [0.717, 1.165) is 5.56 Å². The second-order valence-corrected chi connectivity index (χ2v) is 5.26. The van der Waals surface area contributed by atoms with Gasteiger partial charge in [-0.1, -0.05) is 6.07 Å². The van der Waals surface area contributed by atoms with E-state index in [4.69, 9.17) is 0 Å². The van der Waals surface area contributed by atoms with Crippen LogP contribution < -0.4 is 15.5 Å². The molecule has 1 atom stereocenters. The number of halogens is 1. The minimum Gasteiger partial charge on any atom is -0.450 e. The second-order valence-electron chi connectivity index (χ2n) is 5.26. The molecule has 0 saturated carbocycles. The third-order valence-corrected chi connectivity index (χ3v) is 3.24. The van der Waals surface area contributed by atoms with Gasteiger partial charge in [-0.2, -0.15) is 0 Å². The van der Waals surface area contributed by atoms with Crippen molar-refractivity contribution < 1.29 is 28.4 Å². The number of alkyl carbamates (subject to hydrolysis) is 1. The largest absolute Gasteiger partial charge is 0.450 e. The molecule has 0 spiro atoms. The highest BCUT2D eigenvalue weighted by Crippen LogP contribution is 2.14. The molecule has 0 aliphatic rings. The SMILES string of the molecule is CCOC(=O)NC(=O)C[NH+](CC)CC(=O)Nc1ccc(C)cc1F. The zero-order valence-electron chi connectivity index (χ0n) is 14.1. The number of carbonyl (C=O) groups excluding carboxylic acids is 3. The number of benzene rings is 1. The molecule has 1 unspecified atom stereocenters. The zero-order chi connectivity index (χ0) is 18.1. The van der Waals surface area contributed by atoms with Crippen molar-refractivity contribution in [1.29, 1.82) is 0 Å². The van der Waals surface area contributed by atoms with Crippen molar-refractivity contribution in [2.24, 2.45) is 0 Å². The van der Waals surface area contributed by atoms with Crippen LogP contribution in [0.5, 0.6) is 0 Å². The van der Waals surface area contributed by atoms with Gasteiger partial charge in [0.05, 0.1) is 18.8 Å². The van der Waals surface area contributed by atoms with Crippen LogP contribution in [0.1, 0.15) is 19.4 Å². The third kappa shape index (κ3) is 6.74. The first kappa shape index (κ1) is 19.6. The van der Waals surface area contributed by atoms with Gasteiger partial charge in [0.2, 0.25) is 0 Å². The summed E-state index contributed by atoms with van der Waals surface area (Å²) in [6.07, 6.45) is -0.816. The van der Waals surface area contributed by atoms with E-state index in [2.05, 4.69) is 15.4 Å². The molecule has 3 amide bonds. The number of carbonyl (C=O) groups is 3. The van der Waals surface area contributed by atoms with Gasteiger partial charge >= 0.3 is 6.09 Å². The lowest BCUT2D eigenvalue weighted by Crippen LogP contribution is -3.14. The number of amides is 3. The Bertz CT molecular complexity index is 607. The highest BCUT2D eigenvalue weighted by molar-refractivity contribution is 5.93. The van der Waals surface area contributed by atoms with Crippen molar-refractivity contribution >= 4 is 23.6 Å². The van der Waals surface area contributed by atoms with Gasteiger partial charge in [0.15, 0.2) is 13.1 Å². The molecule has 0 bridgehead atoms. The van der Waals surface area contributed by atoms with Crippen LogP contribution in [-0.2, 0) is 14.3 Å². The van der Waals surface area contributed by atoms with Crippen molar-refractivity contribution in [2.75, 3.05) is 31.6 Å². The lowest BCUT2D eigenvalue weighted by molar-refractivity contribution is -0.881. The van der Waals surface area contributed by atoms with E-state index >= 15 is 0 Å². The molecule has 0 saturated heterocycles. The van der Waals surface area contributed by atoms with E-state index in [1.807, 2.05) is 0 Å². The normalized spacial score (nSPS) is 11.5. The summed E-state index contributed by atoms with van der Waals surface area (Å²) in [5, 5.41) is 4.55. The number of ether oxygens (including phenoxy) is 1. The van der Waals surface area contributed by atoms with Gasteiger partial charge < -0.3 is 15.0 Å². The minimum atomic E-state index is -0.816. The number of rotatable bonds is 7. The standard InChI is InChI=1S/C16H22FN3O4/c1-4-20(10-15(22)19-16(23)24-5-2)9-14(21)18-13-7-6-11(3)8-12(13)17/h6-8H,4-5,9-10H2,1-3H3,(H,18,21)(H,19,22,23)/p+1. The summed E-state index contributed by atoms with van der Waals surface area (Å²) in [6.45, 7) is 5.72. The predicted molar refractivity (Wildman–Crippen MR) is 86.2 cm³/mol. The molecule has 0 radical (unpaired) electrons. The quantitative estimate of drug-likeness (QED) is 0.664. The van der Waals surface area contributed by atoms with E-state index in [1.165, 1.54) is 12.1 Å². The average Bonchev–Trinajstić information content (AvgIpc) is 2.49. The van der Waals surface area contributed by atoms with Crippen LogP contribution in [0, 0.1) is 12.7 Å². The van der Waals surface area contributed by atoms with Gasteiger partial charge in [0.25, 0.3) is 11.8 Å². The van der Waals surface area contributed by atoms with E-state index in [1.54, 1.807) is 26.8 Å². The average molecular weight is 340 g/mol. The topological polar surface area (TPSA) is 88.9 Å². The molecular formula is C16H23FN3O4+. The number of hydrogen-bond acceptors (Lipinski definition) is 4. The molecule has 0 aliphatic heterocycles. The Balaban J connectivity index is 2.53. The predicted octanol–water partition coefficient (Wildman–Crippen LogP) is 0.250. The summed E-state index contributed by atoms with van der Waals surface area (Å²) in [7, 11) is 0. The maximum atomic E-state index is 13.7. The lowest BCUT2D eigenvalue weighted by Gasteiger charge is -2.16. The lowest BCUT2D eigenvalue weighted by atomic mass is 10.2. The first-order chi connectivity index (χ1) is 11.3. The van der Waals surface area contributed by atoms with E-state index < -0.39 is 23.7 Å². The molecule has 0 aromatic heterocycles. The first-order valence-electron chi connectivity index (χ1n) is 7.71. The van der Waals surface area contributed by atoms with E-state index in [9.17, 15) is 18.8 Å². The number of imide groups is 1. The molecule has 1 aromatic carbocycles. The number of anilines is 1. The molecule has 3 N–H and O–H groups in total. The smallest absolute Gasteiger partial charge is 0.414 e. The fourth-order valence-corrected chi connectivity index (χ4v) is 2.01. The highest BCUT2D eigenvalue weighted by atomic mass is 19.1. The van der Waals surface area contributed by atoms with Crippen LogP contribution >= 0.6 is 0 Å². The molecule has 0 aliphatic carbocycles. The Kier molecular flexibility index (Phi) is 7.84. The van der Waals surface area contributed by atoms with Crippen LogP contribution in [0.15, 0.2) is 18.2 Å². The van der Waals surface area contributed by atoms with Crippen molar-refractivity contribution in [3.63, 3.8) is 0 Å². The molecule has 1 rings (SSSR count). The monoisotopic (exact) mass is 340 g/mol. The van der Waals surface area contributed by atoms with Crippen LogP contribution in [-0.4, -0.2) is 44.1 Å². The molecule has 24 heavy (non-hydrogen) atoms. The van der Waals surface area contributed by atoms with Crippen LogP contribution in [0.2, 0.25) is 0 Å². The summed E-state index contributed by atoms with van der Waals surface area (Å²) < 4.78 is 18.3. The Morgan fingerprint density at radius 1 is 1.17 bits per heavy atom. The number of aryl methyl sites for hydroxylation is 1. The van der Waals surface area contributed by atoms with Gasteiger partial charge in [-0.3, -0.25) is 14.9 Å². The third-order valence-electron chi connectivity index (χ3n) is 3.24. The van der Waals surface area contributed by atoms with Gasteiger partial charge in [0.1, 0.15) is 5.82 Å². The number of likely N-dealkylation sites (N-methyl/N-ethyl adjacent to an activating group) is 1. The summed E-state index contributed by atoms with van der Waals surface area (Å²) in [4.78, 5) is 35.5. The Morgan fingerprint density at radius 3 is 2.42 bits per heavy atom.